The van der Waals surface area contributed by atoms with Gasteiger partial charge in [-0.3, -0.25) is 4.79 Å². The molecule has 0 aliphatic carbocycles. The molecule has 1 N–H and O–H groups in total. The van der Waals surface area contributed by atoms with Crippen LogP contribution in [-0.4, -0.2) is 12.5 Å². The van der Waals surface area contributed by atoms with Gasteiger partial charge in [0.05, 0.1) is 0 Å². The molecule has 0 heterocycles. The fraction of sp³-hybridized carbons (Fsp3) is 0.316. The van der Waals surface area contributed by atoms with Crippen molar-refractivity contribution in [1.82, 2.24) is 0 Å². The molecule has 0 saturated carbocycles. The third kappa shape index (κ3) is 5.00. The molecule has 0 atom stereocenters. The van der Waals surface area contributed by atoms with E-state index < -0.39 is 0 Å². The molecule has 0 spiro atoms. The first kappa shape index (κ1) is 17.4. The number of hydrogen-bond acceptors (Lipinski definition) is 2. The van der Waals surface area contributed by atoms with Crippen molar-refractivity contribution in [3.05, 3.63) is 59.1 Å². The number of anilines is 1. The van der Waals surface area contributed by atoms with Gasteiger partial charge in [-0.15, -0.1) is 0 Å². The number of benzene rings is 2. The molecule has 0 unspecified atom stereocenters. The molecule has 0 aromatic heterocycles. The van der Waals surface area contributed by atoms with E-state index in [1.54, 1.807) is 24.3 Å². The maximum absolute atomic E-state index is 11.9. The van der Waals surface area contributed by atoms with Crippen LogP contribution in [0, 0.1) is 0 Å². The SMILES string of the molecule is CCC(C)(C)c1ccc(OCC(=O)Nc2cccc(Cl)c2)cc1. The molecule has 2 aromatic carbocycles. The van der Waals surface area contributed by atoms with E-state index in [2.05, 4.69) is 26.1 Å². The molecule has 0 aliphatic rings. The maximum atomic E-state index is 11.9. The Morgan fingerprint density at radius 2 is 1.87 bits per heavy atom. The number of carbonyl (C=O) groups is 1. The average molecular weight is 332 g/mol. The van der Waals surface area contributed by atoms with Crippen LogP contribution in [0.3, 0.4) is 0 Å². The van der Waals surface area contributed by atoms with Crippen LogP contribution in [0.5, 0.6) is 5.75 Å². The molecule has 23 heavy (non-hydrogen) atoms. The van der Waals surface area contributed by atoms with E-state index in [-0.39, 0.29) is 17.9 Å². The highest BCUT2D eigenvalue weighted by atomic mass is 35.5. The Labute approximate surface area is 142 Å². The highest BCUT2D eigenvalue weighted by Crippen LogP contribution is 2.28. The van der Waals surface area contributed by atoms with Gasteiger partial charge in [0, 0.05) is 10.7 Å². The Balaban J connectivity index is 1.89. The van der Waals surface area contributed by atoms with Crippen molar-refractivity contribution in [3.8, 4) is 5.75 Å². The zero-order valence-corrected chi connectivity index (χ0v) is 14.5. The highest BCUT2D eigenvalue weighted by Gasteiger charge is 2.17. The molecular weight excluding hydrogens is 310 g/mol. The fourth-order valence-electron chi connectivity index (χ4n) is 2.12. The van der Waals surface area contributed by atoms with Crippen LogP contribution in [0.25, 0.3) is 0 Å². The molecule has 0 aliphatic heterocycles. The normalized spacial score (nSPS) is 11.1. The summed E-state index contributed by atoms with van der Waals surface area (Å²) >= 11 is 5.88. The van der Waals surface area contributed by atoms with Crippen molar-refractivity contribution in [3.63, 3.8) is 0 Å². The van der Waals surface area contributed by atoms with E-state index >= 15 is 0 Å². The van der Waals surface area contributed by atoms with Crippen molar-refractivity contribution < 1.29 is 9.53 Å². The van der Waals surface area contributed by atoms with Gasteiger partial charge in [-0.2, -0.15) is 0 Å². The van der Waals surface area contributed by atoms with Crippen LogP contribution < -0.4 is 10.1 Å². The van der Waals surface area contributed by atoms with Gasteiger partial charge < -0.3 is 10.1 Å². The van der Waals surface area contributed by atoms with Gasteiger partial charge in [-0.1, -0.05) is 50.6 Å². The van der Waals surface area contributed by atoms with E-state index in [0.29, 0.717) is 16.5 Å². The van der Waals surface area contributed by atoms with Gasteiger partial charge in [0.15, 0.2) is 6.61 Å². The lowest BCUT2D eigenvalue weighted by molar-refractivity contribution is -0.118. The van der Waals surface area contributed by atoms with E-state index in [1.807, 2.05) is 24.3 Å². The summed E-state index contributed by atoms with van der Waals surface area (Å²) in [5, 5.41) is 3.33. The predicted octanol–water partition coefficient (Wildman–Crippen LogP) is 5.05. The van der Waals surface area contributed by atoms with Gasteiger partial charge in [0.25, 0.3) is 5.91 Å². The topological polar surface area (TPSA) is 38.3 Å². The Hall–Kier alpha value is -2.00. The number of halogens is 1. The Bertz CT molecular complexity index is 665. The smallest absolute Gasteiger partial charge is 0.262 e. The molecule has 0 radical (unpaired) electrons. The lowest BCUT2D eigenvalue weighted by Crippen LogP contribution is -2.20. The summed E-state index contributed by atoms with van der Waals surface area (Å²) in [6, 6.07) is 14.9. The van der Waals surface area contributed by atoms with Gasteiger partial charge in [0.1, 0.15) is 5.75 Å². The molecule has 0 bridgehead atoms. The Morgan fingerprint density at radius 3 is 2.48 bits per heavy atom. The van der Waals surface area contributed by atoms with Crippen LogP contribution in [0.2, 0.25) is 5.02 Å². The molecule has 0 saturated heterocycles. The van der Waals surface area contributed by atoms with Crippen LogP contribution in [0.1, 0.15) is 32.8 Å². The summed E-state index contributed by atoms with van der Waals surface area (Å²) in [6.07, 6.45) is 1.06. The first-order chi connectivity index (χ1) is 10.9. The summed E-state index contributed by atoms with van der Waals surface area (Å²) < 4.78 is 5.53. The van der Waals surface area contributed by atoms with Gasteiger partial charge in [-0.25, -0.2) is 0 Å². The molecule has 122 valence electrons. The number of amides is 1. The second-order valence-corrected chi connectivity index (χ2v) is 6.55. The second kappa shape index (κ2) is 7.51. The molecule has 2 aromatic rings. The predicted molar refractivity (Wildman–Crippen MR) is 95.3 cm³/mol. The summed E-state index contributed by atoms with van der Waals surface area (Å²) in [6.45, 7) is 6.55. The zero-order valence-electron chi connectivity index (χ0n) is 13.7. The van der Waals surface area contributed by atoms with Crippen LogP contribution in [0.4, 0.5) is 5.69 Å². The molecule has 2 rings (SSSR count). The first-order valence-electron chi connectivity index (χ1n) is 7.69. The lowest BCUT2D eigenvalue weighted by atomic mass is 9.82. The van der Waals surface area contributed by atoms with Crippen LogP contribution in [-0.2, 0) is 10.2 Å². The minimum absolute atomic E-state index is 0.0387. The van der Waals surface area contributed by atoms with Crippen molar-refractivity contribution in [1.29, 1.82) is 0 Å². The number of rotatable bonds is 6. The summed E-state index contributed by atoms with van der Waals surface area (Å²) in [5.41, 5.74) is 2.06. The van der Waals surface area contributed by atoms with Crippen molar-refractivity contribution >= 4 is 23.2 Å². The minimum atomic E-state index is -0.217. The van der Waals surface area contributed by atoms with Gasteiger partial charge in [-0.05, 0) is 47.7 Å². The molecule has 1 amide bonds. The standard InChI is InChI=1S/C19H22ClNO2/c1-4-19(2,3)14-8-10-17(11-9-14)23-13-18(22)21-16-7-5-6-15(20)12-16/h5-12H,4,13H2,1-3H3,(H,21,22). The molecule has 0 fully saturated rings. The third-order valence-electron chi connectivity index (χ3n) is 4.00. The number of nitrogens with one attached hydrogen (secondary N) is 1. The van der Waals surface area contributed by atoms with E-state index in [0.717, 1.165) is 6.42 Å². The second-order valence-electron chi connectivity index (χ2n) is 6.11. The van der Waals surface area contributed by atoms with Crippen molar-refractivity contribution in [2.24, 2.45) is 0 Å². The third-order valence-corrected chi connectivity index (χ3v) is 4.23. The molecule has 3 nitrogen and oxygen atoms in total. The van der Waals surface area contributed by atoms with E-state index in [1.165, 1.54) is 5.56 Å². The van der Waals surface area contributed by atoms with Crippen LogP contribution in [0.15, 0.2) is 48.5 Å². The van der Waals surface area contributed by atoms with Crippen molar-refractivity contribution in [2.75, 3.05) is 11.9 Å². The molecule has 4 heteroatoms. The van der Waals surface area contributed by atoms with E-state index in [4.69, 9.17) is 16.3 Å². The molecular formula is C19H22ClNO2. The highest BCUT2D eigenvalue weighted by molar-refractivity contribution is 6.30. The summed E-state index contributed by atoms with van der Waals surface area (Å²) in [4.78, 5) is 11.9. The first-order valence-corrected chi connectivity index (χ1v) is 8.07. The van der Waals surface area contributed by atoms with Gasteiger partial charge >= 0.3 is 0 Å². The summed E-state index contributed by atoms with van der Waals surface area (Å²) in [5.74, 6) is 0.465. The fourth-order valence-corrected chi connectivity index (χ4v) is 2.31. The Morgan fingerprint density at radius 1 is 1.17 bits per heavy atom. The number of ether oxygens (including phenoxy) is 1. The minimum Gasteiger partial charge on any atom is -0.484 e. The average Bonchev–Trinajstić information content (AvgIpc) is 2.53. The monoisotopic (exact) mass is 331 g/mol. The van der Waals surface area contributed by atoms with Crippen molar-refractivity contribution in [2.45, 2.75) is 32.6 Å². The number of carbonyl (C=O) groups excluding carboxylic acids is 1. The zero-order chi connectivity index (χ0) is 16.9. The summed E-state index contributed by atoms with van der Waals surface area (Å²) in [7, 11) is 0. The van der Waals surface area contributed by atoms with Gasteiger partial charge in [0.2, 0.25) is 0 Å². The Kier molecular flexibility index (Phi) is 5.67. The number of hydrogen-bond donors (Lipinski definition) is 1. The maximum Gasteiger partial charge on any atom is 0.262 e. The largest absolute Gasteiger partial charge is 0.484 e. The van der Waals surface area contributed by atoms with E-state index in [9.17, 15) is 4.79 Å². The quantitative estimate of drug-likeness (QED) is 0.804. The lowest BCUT2D eigenvalue weighted by Gasteiger charge is -2.23. The van der Waals surface area contributed by atoms with Crippen LogP contribution >= 0.6 is 11.6 Å².